The lowest BCUT2D eigenvalue weighted by molar-refractivity contribution is -0.111. The number of fused-ring (bicyclic) bond motifs is 1. The molecule has 1 saturated heterocycles. The first-order chi connectivity index (χ1) is 16.9. The summed E-state index contributed by atoms with van der Waals surface area (Å²) in [5, 5.41) is 12.9. The molecular formula is C29H32N4O2. The number of para-hydroxylation sites is 1. The minimum atomic E-state index is -0.258. The van der Waals surface area contributed by atoms with Gasteiger partial charge in [-0.05, 0) is 55.0 Å². The number of carbonyl (C=O) groups is 2. The molecule has 1 aliphatic rings. The summed E-state index contributed by atoms with van der Waals surface area (Å²) in [6.07, 6.45) is 6.84. The smallest absolute Gasteiger partial charge is 0.253 e. The van der Waals surface area contributed by atoms with Crippen LogP contribution >= 0.6 is 0 Å². The van der Waals surface area contributed by atoms with Crippen LogP contribution in [0.3, 0.4) is 0 Å². The highest BCUT2D eigenvalue weighted by atomic mass is 16.2. The van der Waals surface area contributed by atoms with Gasteiger partial charge in [0.1, 0.15) is 0 Å². The highest BCUT2D eigenvalue weighted by Gasteiger charge is 2.26. The number of carbonyl (C=O) groups excluding carboxylic acids is 2. The van der Waals surface area contributed by atoms with Gasteiger partial charge in [0.2, 0.25) is 5.91 Å². The average molecular weight is 469 g/mol. The predicted molar refractivity (Wildman–Crippen MR) is 140 cm³/mol. The van der Waals surface area contributed by atoms with E-state index in [0.29, 0.717) is 36.1 Å². The van der Waals surface area contributed by atoms with Crippen LogP contribution in [0.1, 0.15) is 48.2 Å². The summed E-state index contributed by atoms with van der Waals surface area (Å²) < 4.78 is 2.04. The number of rotatable bonds is 6. The fraction of sp³-hybridized carbons (Fsp3) is 0.345. The Morgan fingerprint density at radius 3 is 2.63 bits per heavy atom. The molecule has 4 rings (SSSR count). The van der Waals surface area contributed by atoms with Crippen LogP contribution in [0.25, 0.3) is 17.0 Å². The van der Waals surface area contributed by atoms with E-state index in [-0.39, 0.29) is 11.8 Å². The van der Waals surface area contributed by atoms with Gasteiger partial charge in [0.05, 0.1) is 12.5 Å². The van der Waals surface area contributed by atoms with E-state index in [4.69, 9.17) is 5.26 Å². The molecule has 35 heavy (non-hydrogen) atoms. The summed E-state index contributed by atoms with van der Waals surface area (Å²) in [7, 11) is 0. The zero-order chi connectivity index (χ0) is 24.9. The Bertz CT molecular complexity index is 1300. The van der Waals surface area contributed by atoms with Crippen molar-refractivity contribution in [3.05, 3.63) is 71.4 Å². The number of amides is 2. The van der Waals surface area contributed by atoms with Crippen molar-refractivity contribution in [3.8, 4) is 6.07 Å². The Hall–Kier alpha value is -3.85. The Balaban J connectivity index is 1.50. The van der Waals surface area contributed by atoms with E-state index in [9.17, 15) is 9.59 Å². The van der Waals surface area contributed by atoms with E-state index in [1.165, 1.54) is 6.08 Å². The standard InChI is InChI=1S/C29H32N4O2/c1-20-15-21(2)18-33(17-20)29(35)23-10-9-22(3)26(16-23)31-28(34)12-11-24-19-32(14-6-13-30)27-8-5-4-7-25(24)27/h4-5,7-12,16,19-21H,6,14-15,17-18H2,1-3H3,(H,31,34). The zero-order valence-electron chi connectivity index (χ0n) is 20.6. The van der Waals surface area contributed by atoms with Crippen molar-refractivity contribution in [1.29, 1.82) is 5.26 Å². The maximum Gasteiger partial charge on any atom is 0.253 e. The van der Waals surface area contributed by atoms with Crippen molar-refractivity contribution in [2.24, 2.45) is 11.8 Å². The maximum absolute atomic E-state index is 13.1. The summed E-state index contributed by atoms with van der Waals surface area (Å²) in [6, 6.07) is 15.6. The largest absolute Gasteiger partial charge is 0.346 e. The summed E-state index contributed by atoms with van der Waals surface area (Å²) in [6.45, 7) is 8.42. The van der Waals surface area contributed by atoms with E-state index in [0.717, 1.165) is 41.5 Å². The van der Waals surface area contributed by atoms with Crippen LogP contribution in [-0.4, -0.2) is 34.4 Å². The molecule has 2 unspecified atom stereocenters. The van der Waals surface area contributed by atoms with Crippen molar-refractivity contribution >= 4 is 34.5 Å². The molecule has 2 aromatic carbocycles. The minimum Gasteiger partial charge on any atom is -0.346 e. The van der Waals surface area contributed by atoms with Gasteiger partial charge in [-0.3, -0.25) is 9.59 Å². The second-order valence-corrected chi connectivity index (χ2v) is 9.71. The lowest BCUT2D eigenvalue weighted by Gasteiger charge is -2.35. The van der Waals surface area contributed by atoms with Gasteiger partial charge in [-0.25, -0.2) is 0 Å². The average Bonchev–Trinajstić information content (AvgIpc) is 3.19. The highest BCUT2D eigenvalue weighted by molar-refractivity contribution is 6.05. The van der Waals surface area contributed by atoms with Gasteiger partial charge in [-0.15, -0.1) is 0 Å². The molecule has 1 fully saturated rings. The van der Waals surface area contributed by atoms with Crippen LogP contribution in [0.2, 0.25) is 0 Å². The Morgan fingerprint density at radius 1 is 1.14 bits per heavy atom. The molecule has 0 saturated carbocycles. The van der Waals surface area contributed by atoms with Crippen LogP contribution in [0.5, 0.6) is 0 Å². The second kappa shape index (κ2) is 10.6. The lowest BCUT2D eigenvalue weighted by Crippen LogP contribution is -2.42. The molecule has 3 aromatic rings. The van der Waals surface area contributed by atoms with Crippen molar-refractivity contribution in [3.63, 3.8) is 0 Å². The molecule has 1 aromatic heterocycles. The fourth-order valence-electron chi connectivity index (χ4n) is 5.00. The molecule has 180 valence electrons. The summed E-state index contributed by atoms with van der Waals surface area (Å²) >= 11 is 0. The quantitative estimate of drug-likeness (QED) is 0.476. The van der Waals surface area contributed by atoms with Crippen LogP contribution in [0.4, 0.5) is 5.69 Å². The third kappa shape index (κ3) is 5.63. The topological polar surface area (TPSA) is 78.1 Å². The molecule has 1 N–H and O–H groups in total. The van der Waals surface area contributed by atoms with E-state index in [1.807, 2.05) is 59.0 Å². The van der Waals surface area contributed by atoms with Crippen molar-refractivity contribution in [2.45, 2.75) is 40.2 Å². The van der Waals surface area contributed by atoms with Crippen LogP contribution in [0, 0.1) is 30.1 Å². The Kier molecular flexibility index (Phi) is 7.36. The summed E-state index contributed by atoms with van der Waals surface area (Å²) in [5.41, 5.74) is 4.09. The van der Waals surface area contributed by atoms with Crippen molar-refractivity contribution in [1.82, 2.24) is 9.47 Å². The molecule has 2 atom stereocenters. The first-order valence-corrected chi connectivity index (χ1v) is 12.2. The number of hydrogen-bond donors (Lipinski definition) is 1. The Morgan fingerprint density at radius 2 is 1.89 bits per heavy atom. The van der Waals surface area contributed by atoms with E-state index in [2.05, 4.69) is 25.2 Å². The fourth-order valence-corrected chi connectivity index (χ4v) is 5.00. The van der Waals surface area contributed by atoms with Gasteiger partial charge in [-0.1, -0.05) is 38.1 Å². The van der Waals surface area contributed by atoms with Crippen LogP contribution in [0.15, 0.2) is 54.7 Å². The van der Waals surface area contributed by atoms with Gasteiger partial charge < -0.3 is 14.8 Å². The molecular weight excluding hydrogens is 436 g/mol. The summed E-state index contributed by atoms with van der Waals surface area (Å²) in [4.78, 5) is 27.8. The molecule has 0 radical (unpaired) electrons. The molecule has 0 spiro atoms. The normalized spacial score (nSPS) is 18.1. The molecule has 6 heteroatoms. The number of nitriles is 1. The molecule has 0 aliphatic carbocycles. The van der Waals surface area contributed by atoms with Crippen molar-refractivity contribution in [2.75, 3.05) is 18.4 Å². The first-order valence-electron chi connectivity index (χ1n) is 12.2. The number of likely N-dealkylation sites (tertiary alicyclic amines) is 1. The van der Waals surface area contributed by atoms with Crippen molar-refractivity contribution < 1.29 is 9.59 Å². The number of piperidine rings is 1. The number of aryl methyl sites for hydroxylation is 2. The molecule has 0 bridgehead atoms. The van der Waals surface area contributed by atoms with E-state index >= 15 is 0 Å². The maximum atomic E-state index is 13.1. The second-order valence-electron chi connectivity index (χ2n) is 9.71. The SMILES string of the molecule is Cc1ccc(C(=O)N2CC(C)CC(C)C2)cc1NC(=O)C=Cc1cn(CCC#N)c2ccccc12. The number of nitrogens with zero attached hydrogens (tertiary/aromatic N) is 3. The third-order valence-electron chi connectivity index (χ3n) is 6.60. The number of hydrogen-bond acceptors (Lipinski definition) is 3. The van der Waals surface area contributed by atoms with Gasteiger partial charge >= 0.3 is 0 Å². The van der Waals surface area contributed by atoms with Crippen LogP contribution < -0.4 is 5.32 Å². The minimum absolute atomic E-state index is 0.0135. The number of anilines is 1. The van der Waals surface area contributed by atoms with Gasteiger partial charge in [0.25, 0.3) is 5.91 Å². The van der Waals surface area contributed by atoms with E-state index < -0.39 is 0 Å². The number of nitrogens with one attached hydrogen (secondary N) is 1. The zero-order valence-corrected chi connectivity index (χ0v) is 20.6. The monoisotopic (exact) mass is 468 g/mol. The summed E-state index contributed by atoms with van der Waals surface area (Å²) in [5.74, 6) is 0.734. The van der Waals surface area contributed by atoms with Gasteiger partial charge in [0.15, 0.2) is 0 Å². The third-order valence-corrected chi connectivity index (χ3v) is 6.60. The first kappa shape index (κ1) is 24.3. The number of benzene rings is 2. The molecule has 2 heterocycles. The molecule has 1 aliphatic heterocycles. The highest BCUT2D eigenvalue weighted by Crippen LogP contribution is 2.25. The lowest BCUT2D eigenvalue weighted by atomic mass is 9.91. The molecule has 2 amide bonds. The predicted octanol–water partition coefficient (Wildman–Crippen LogP) is 5.63. The van der Waals surface area contributed by atoms with Gasteiger partial charge in [-0.2, -0.15) is 5.26 Å². The number of aromatic nitrogens is 1. The Labute approximate surface area is 206 Å². The van der Waals surface area contributed by atoms with E-state index in [1.54, 1.807) is 12.1 Å². The van der Waals surface area contributed by atoms with Crippen LogP contribution in [-0.2, 0) is 11.3 Å². The van der Waals surface area contributed by atoms with Gasteiger partial charge in [0, 0.05) is 59.6 Å². The molecule has 6 nitrogen and oxygen atoms in total.